The Bertz CT molecular complexity index is 696. The van der Waals surface area contributed by atoms with Crippen molar-refractivity contribution in [2.75, 3.05) is 7.05 Å². The minimum Gasteiger partial charge on any atom is -0.358 e. The molecule has 2 aromatic heterocycles. The van der Waals surface area contributed by atoms with E-state index in [0.29, 0.717) is 5.82 Å². The van der Waals surface area contributed by atoms with Gasteiger partial charge in [0.1, 0.15) is 10.7 Å². The van der Waals surface area contributed by atoms with Gasteiger partial charge in [0, 0.05) is 25.5 Å². The van der Waals surface area contributed by atoms with Crippen LogP contribution in [0.25, 0.3) is 0 Å². The number of nitro groups is 1. The highest BCUT2D eigenvalue weighted by Gasteiger charge is 2.24. The van der Waals surface area contributed by atoms with Gasteiger partial charge in [0.05, 0.1) is 6.54 Å². The van der Waals surface area contributed by atoms with Crippen molar-refractivity contribution < 1.29 is 13.3 Å². The summed E-state index contributed by atoms with van der Waals surface area (Å²) < 4.78 is 25.5. The van der Waals surface area contributed by atoms with Gasteiger partial charge in [-0.25, -0.2) is 13.4 Å². The summed E-state index contributed by atoms with van der Waals surface area (Å²) in [6.07, 6.45) is 4.07. The fourth-order valence-electron chi connectivity index (χ4n) is 1.49. The largest absolute Gasteiger partial charge is 0.363 e. The van der Waals surface area contributed by atoms with E-state index in [1.807, 2.05) is 0 Å². The molecule has 0 radical (unpaired) electrons. The van der Waals surface area contributed by atoms with Crippen molar-refractivity contribution in [1.29, 1.82) is 0 Å². The number of sulfonamides is 1. The van der Waals surface area contributed by atoms with Crippen LogP contribution in [0.5, 0.6) is 0 Å². The Kier molecular flexibility index (Phi) is 3.77. The van der Waals surface area contributed by atoms with Crippen LogP contribution >= 0.6 is 0 Å². The highest BCUT2D eigenvalue weighted by Crippen LogP contribution is 2.17. The van der Waals surface area contributed by atoms with Crippen molar-refractivity contribution in [2.24, 2.45) is 0 Å². The molecule has 106 valence electrons. The second-order valence-electron chi connectivity index (χ2n) is 3.91. The number of rotatable bonds is 5. The van der Waals surface area contributed by atoms with E-state index in [2.05, 4.69) is 15.0 Å². The lowest BCUT2D eigenvalue weighted by atomic mass is 10.5. The molecule has 0 amide bonds. The molecule has 0 aromatic carbocycles. The van der Waals surface area contributed by atoms with E-state index in [-0.39, 0.29) is 11.4 Å². The lowest BCUT2D eigenvalue weighted by molar-refractivity contribution is -0.389. The van der Waals surface area contributed by atoms with Crippen molar-refractivity contribution in [3.8, 4) is 0 Å². The molecule has 0 fully saturated rings. The van der Waals surface area contributed by atoms with E-state index in [9.17, 15) is 18.5 Å². The molecule has 0 bridgehead atoms. The molecule has 0 aliphatic heterocycles. The first-order chi connectivity index (χ1) is 9.41. The maximum Gasteiger partial charge on any atom is 0.363 e. The van der Waals surface area contributed by atoms with Gasteiger partial charge in [0.25, 0.3) is 0 Å². The SMILES string of the molecule is CN(Cc1ncc[nH]1)S(=O)(=O)c1ccc([N+](=O)[O-])nc1. The van der Waals surface area contributed by atoms with Gasteiger partial charge < -0.3 is 15.1 Å². The molecule has 2 aromatic rings. The second kappa shape index (κ2) is 5.35. The van der Waals surface area contributed by atoms with Gasteiger partial charge >= 0.3 is 5.82 Å². The van der Waals surface area contributed by atoms with Gasteiger partial charge in [0.15, 0.2) is 6.20 Å². The molecule has 2 rings (SSSR count). The van der Waals surface area contributed by atoms with Crippen molar-refractivity contribution in [3.05, 3.63) is 46.7 Å². The van der Waals surface area contributed by atoms with Crippen molar-refractivity contribution in [3.63, 3.8) is 0 Å². The lowest BCUT2D eigenvalue weighted by Crippen LogP contribution is -2.27. The van der Waals surface area contributed by atoms with E-state index in [0.717, 1.165) is 22.6 Å². The molecule has 10 heteroatoms. The fraction of sp³-hybridized carbons (Fsp3) is 0.200. The number of pyridine rings is 1. The number of nitrogens with one attached hydrogen (secondary N) is 1. The fourth-order valence-corrected chi connectivity index (χ4v) is 2.57. The molecule has 0 saturated carbocycles. The summed E-state index contributed by atoms with van der Waals surface area (Å²) in [4.78, 5) is 19.9. The summed E-state index contributed by atoms with van der Waals surface area (Å²) in [7, 11) is -2.38. The number of hydrogen-bond donors (Lipinski definition) is 1. The van der Waals surface area contributed by atoms with Gasteiger partial charge in [0.2, 0.25) is 10.0 Å². The summed E-state index contributed by atoms with van der Waals surface area (Å²) in [5.74, 6) is 0.0867. The molecular formula is C10H11N5O4S. The predicted molar refractivity (Wildman–Crippen MR) is 68.1 cm³/mol. The van der Waals surface area contributed by atoms with Crippen molar-refractivity contribution in [1.82, 2.24) is 19.3 Å². The Morgan fingerprint density at radius 1 is 1.40 bits per heavy atom. The Morgan fingerprint density at radius 2 is 2.15 bits per heavy atom. The van der Waals surface area contributed by atoms with Crippen LogP contribution in [-0.4, -0.2) is 39.6 Å². The summed E-state index contributed by atoms with van der Waals surface area (Å²) in [5.41, 5.74) is 0. The highest BCUT2D eigenvalue weighted by molar-refractivity contribution is 7.89. The Labute approximate surface area is 114 Å². The first-order valence-electron chi connectivity index (χ1n) is 5.46. The zero-order valence-electron chi connectivity index (χ0n) is 10.4. The van der Waals surface area contributed by atoms with E-state index < -0.39 is 20.8 Å². The average molecular weight is 297 g/mol. The van der Waals surface area contributed by atoms with E-state index >= 15 is 0 Å². The molecule has 0 aliphatic rings. The quantitative estimate of drug-likeness (QED) is 0.634. The average Bonchev–Trinajstić information content (AvgIpc) is 2.91. The molecule has 20 heavy (non-hydrogen) atoms. The van der Waals surface area contributed by atoms with Crippen LogP contribution in [0.1, 0.15) is 5.82 Å². The summed E-state index contributed by atoms with van der Waals surface area (Å²) in [6, 6.07) is 2.20. The lowest BCUT2D eigenvalue weighted by Gasteiger charge is -2.14. The number of imidazole rings is 1. The third kappa shape index (κ3) is 2.81. The second-order valence-corrected chi connectivity index (χ2v) is 5.95. The Balaban J connectivity index is 2.23. The van der Waals surface area contributed by atoms with Crippen LogP contribution in [-0.2, 0) is 16.6 Å². The molecule has 0 aliphatic carbocycles. The van der Waals surface area contributed by atoms with Gasteiger partial charge in [-0.2, -0.15) is 4.31 Å². The van der Waals surface area contributed by atoms with E-state index in [1.165, 1.54) is 13.2 Å². The first-order valence-corrected chi connectivity index (χ1v) is 6.90. The maximum atomic E-state index is 12.2. The van der Waals surface area contributed by atoms with E-state index in [4.69, 9.17) is 0 Å². The molecular weight excluding hydrogens is 286 g/mol. The Hall–Kier alpha value is -2.33. The van der Waals surface area contributed by atoms with Crippen molar-refractivity contribution in [2.45, 2.75) is 11.4 Å². The number of nitrogens with zero attached hydrogens (tertiary/aromatic N) is 4. The minimum atomic E-state index is -3.77. The number of aromatic amines is 1. The zero-order valence-corrected chi connectivity index (χ0v) is 11.2. The highest BCUT2D eigenvalue weighted by atomic mass is 32.2. The predicted octanol–water partition coefficient (Wildman–Crippen LogP) is 0.534. The van der Waals surface area contributed by atoms with Gasteiger partial charge in [-0.05, 0) is 16.0 Å². The summed E-state index contributed by atoms with van der Waals surface area (Å²) in [5, 5.41) is 10.5. The Morgan fingerprint density at radius 3 is 2.65 bits per heavy atom. The molecule has 0 saturated heterocycles. The van der Waals surface area contributed by atoms with Gasteiger partial charge in [-0.3, -0.25) is 0 Å². The molecule has 0 unspecified atom stereocenters. The minimum absolute atomic E-state index is 0.0618. The normalized spacial score (nSPS) is 11.7. The van der Waals surface area contributed by atoms with Gasteiger partial charge in [-0.15, -0.1) is 0 Å². The zero-order chi connectivity index (χ0) is 14.8. The van der Waals surface area contributed by atoms with Crippen LogP contribution in [0.2, 0.25) is 0 Å². The van der Waals surface area contributed by atoms with Crippen LogP contribution in [0, 0.1) is 10.1 Å². The smallest absolute Gasteiger partial charge is 0.358 e. The van der Waals surface area contributed by atoms with Crippen molar-refractivity contribution >= 4 is 15.8 Å². The molecule has 0 spiro atoms. The van der Waals surface area contributed by atoms with Crippen LogP contribution in [0.15, 0.2) is 35.6 Å². The topological polar surface area (TPSA) is 122 Å². The molecule has 0 atom stereocenters. The number of H-pyrrole nitrogens is 1. The molecule has 1 N–H and O–H groups in total. The first kappa shape index (κ1) is 14.1. The third-order valence-corrected chi connectivity index (χ3v) is 4.33. The van der Waals surface area contributed by atoms with E-state index in [1.54, 1.807) is 6.20 Å². The van der Waals surface area contributed by atoms with Crippen LogP contribution in [0.3, 0.4) is 0 Å². The summed E-state index contributed by atoms with van der Waals surface area (Å²) >= 11 is 0. The molecule has 2 heterocycles. The maximum absolute atomic E-state index is 12.2. The molecule has 9 nitrogen and oxygen atoms in total. The standard InChI is InChI=1S/C10H11N5O4S/c1-14(7-9-11-4-5-12-9)20(18,19)8-2-3-10(13-6-8)15(16)17/h2-6H,7H2,1H3,(H,11,12). The van der Waals surface area contributed by atoms with Gasteiger partial charge in [-0.1, -0.05) is 0 Å². The van der Waals surface area contributed by atoms with Crippen LogP contribution < -0.4 is 0 Å². The summed E-state index contributed by atoms with van der Waals surface area (Å²) in [6.45, 7) is 0.0618. The monoisotopic (exact) mass is 297 g/mol. The van der Waals surface area contributed by atoms with Crippen LogP contribution in [0.4, 0.5) is 5.82 Å². The third-order valence-electron chi connectivity index (χ3n) is 2.54. The number of aromatic nitrogens is 3. The number of hydrogen-bond acceptors (Lipinski definition) is 6.